The lowest BCUT2D eigenvalue weighted by molar-refractivity contribution is 1.08. The van der Waals surface area contributed by atoms with Crippen LogP contribution in [0.15, 0.2) is 110 Å². The van der Waals surface area contributed by atoms with E-state index in [4.69, 9.17) is 9.98 Å². The Balaban J connectivity index is 2.44. The lowest BCUT2D eigenvalue weighted by Gasteiger charge is -2.15. The van der Waals surface area contributed by atoms with Crippen molar-refractivity contribution in [1.82, 2.24) is 0 Å². The highest BCUT2D eigenvalue weighted by atomic mass is 14.8. The molecule has 2 heteroatoms. The maximum absolute atomic E-state index is 4.73. The summed E-state index contributed by atoms with van der Waals surface area (Å²) in [5.41, 5.74) is 9.21. The van der Waals surface area contributed by atoms with Crippen LogP contribution in [-0.2, 0) is 38.5 Å². The Morgan fingerprint density at radius 3 is 1.09 bits per heavy atom. The van der Waals surface area contributed by atoms with Crippen LogP contribution in [0.3, 0.4) is 0 Å². The third-order valence-corrected chi connectivity index (χ3v) is 5.62. The molecule has 0 amide bonds. The first-order valence-electron chi connectivity index (χ1n) is 11.6. The highest BCUT2D eigenvalue weighted by Crippen LogP contribution is 2.30. The van der Waals surface area contributed by atoms with Gasteiger partial charge >= 0.3 is 0 Å². The number of hydrogen-bond donors (Lipinski definition) is 0. The Morgan fingerprint density at radius 1 is 0.441 bits per heavy atom. The van der Waals surface area contributed by atoms with Crippen LogP contribution in [0, 0.1) is 0 Å². The smallest absolute Gasteiger partial charge is 0.0668 e. The van der Waals surface area contributed by atoms with E-state index in [-0.39, 0.29) is 0 Å². The minimum absolute atomic E-state index is 0.747. The molecule has 34 heavy (non-hydrogen) atoms. The lowest BCUT2D eigenvalue weighted by atomic mass is 9.93. The van der Waals surface area contributed by atoms with Gasteiger partial charge in [-0.2, -0.15) is 0 Å². The van der Waals surface area contributed by atoms with Crippen LogP contribution in [0.5, 0.6) is 0 Å². The van der Waals surface area contributed by atoms with E-state index in [0.717, 1.165) is 49.9 Å². The molecule has 0 radical (unpaired) electrons. The normalized spacial score (nSPS) is 10.9. The number of benzene rings is 2. The van der Waals surface area contributed by atoms with Gasteiger partial charge in [-0.05, 0) is 84.0 Å². The number of allylic oxidation sites excluding steroid dienone is 6. The summed E-state index contributed by atoms with van der Waals surface area (Å²) in [6, 6.07) is 8.37. The van der Waals surface area contributed by atoms with E-state index in [2.05, 4.69) is 63.7 Å². The Hall–Kier alpha value is -3.78. The minimum atomic E-state index is 0.747. The average molecular weight is 449 g/mol. The van der Waals surface area contributed by atoms with Gasteiger partial charge in [0, 0.05) is 12.4 Å². The van der Waals surface area contributed by atoms with Gasteiger partial charge in [-0.15, -0.1) is 39.5 Å². The van der Waals surface area contributed by atoms with Gasteiger partial charge in [-0.1, -0.05) is 48.6 Å². The predicted octanol–water partition coefficient (Wildman–Crippen LogP) is 8.16. The van der Waals surface area contributed by atoms with E-state index < -0.39 is 0 Å². The first-order chi connectivity index (χ1) is 16.6. The first kappa shape index (κ1) is 26.5. The van der Waals surface area contributed by atoms with Gasteiger partial charge in [0.05, 0.1) is 11.4 Å². The summed E-state index contributed by atoms with van der Waals surface area (Å²) >= 11 is 0. The number of hydrogen-bond acceptors (Lipinski definition) is 2. The minimum Gasteiger partial charge on any atom is -0.255 e. The van der Waals surface area contributed by atoms with Crippen molar-refractivity contribution in [3.05, 3.63) is 134 Å². The molecule has 0 fully saturated rings. The zero-order valence-electron chi connectivity index (χ0n) is 20.3. The fraction of sp³-hybridized carbons (Fsp3) is 0.188. The van der Waals surface area contributed by atoms with Crippen LogP contribution in [0.4, 0.5) is 11.4 Å². The Kier molecular flexibility index (Phi) is 11.2. The molecule has 0 aliphatic carbocycles. The molecule has 2 rings (SSSR count). The largest absolute Gasteiger partial charge is 0.255 e. The number of nitrogens with zero attached hydrogens (tertiary/aromatic N) is 2. The second-order valence-corrected chi connectivity index (χ2v) is 7.91. The fourth-order valence-corrected chi connectivity index (χ4v) is 4.16. The SMILES string of the molecule is C=CCc1ccc(/N=C/C=N/c2ccc(CC=C)c(CC=C)c2CC=C)c(CC=C)c1CC=C. The summed E-state index contributed by atoms with van der Waals surface area (Å²) in [5, 5.41) is 0. The molecule has 174 valence electrons. The molecular formula is C32H36N2. The van der Waals surface area contributed by atoms with Gasteiger partial charge in [0.15, 0.2) is 0 Å². The molecule has 0 unspecified atom stereocenters. The summed E-state index contributed by atoms with van der Waals surface area (Å²) in [6.45, 7) is 23.5. The van der Waals surface area contributed by atoms with E-state index >= 15 is 0 Å². The highest BCUT2D eigenvalue weighted by Gasteiger charge is 2.11. The summed E-state index contributed by atoms with van der Waals surface area (Å²) in [7, 11) is 0. The van der Waals surface area contributed by atoms with Crippen molar-refractivity contribution in [2.75, 3.05) is 0 Å². The molecule has 0 aliphatic heterocycles. The molecule has 0 saturated heterocycles. The van der Waals surface area contributed by atoms with E-state index in [1.165, 1.54) is 33.4 Å². The van der Waals surface area contributed by atoms with Gasteiger partial charge in [0.1, 0.15) is 0 Å². The van der Waals surface area contributed by atoms with Crippen LogP contribution in [0.2, 0.25) is 0 Å². The van der Waals surface area contributed by atoms with Crippen molar-refractivity contribution >= 4 is 23.8 Å². The van der Waals surface area contributed by atoms with Crippen LogP contribution < -0.4 is 0 Å². The molecule has 2 nitrogen and oxygen atoms in total. The zero-order chi connectivity index (χ0) is 24.8. The number of aliphatic imine (C=N–C) groups is 2. The van der Waals surface area contributed by atoms with Crippen LogP contribution >= 0.6 is 0 Å². The Labute approximate surface area is 205 Å². The molecule has 0 N–H and O–H groups in total. The van der Waals surface area contributed by atoms with Crippen molar-refractivity contribution in [3.8, 4) is 0 Å². The summed E-state index contributed by atoms with van der Waals surface area (Å²) < 4.78 is 0. The van der Waals surface area contributed by atoms with E-state index in [1.54, 1.807) is 12.4 Å². The molecule has 0 aromatic heterocycles. The quantitative estimate of drug-likeness (QED) is 0.194. The third kappa shape index (κ3) is 6.86. The molecule has 0 bridgehead atoms. The van der Waals surface area contributed by atoms with Crippen molar-refractivity contribution in [3.63, 3.8) is 0 Å². The predicted molar refractivity (Wildman–Crippen MR) is 153 cm³/mol. The van der Waals surface area contributed by atoms with Crippen molar-refractivity contribution in [1.29, 1.82) is 0 Å². The second kappa shape index (κ2) is 14.4. The molecule has 2 aromatic rings. The molecule has 0 spiro atoms. The average Bonchev–Trinajstić information content (AvgIpc) is 2.83. The summed E-state index contributed by atoms with van der Waals surface area (Å²) in [4.78, 5) is 9.47. The van der Waals surface area contributed by atoms with Crippen LogP contribution in [0.1, 0.15) is 33.4 Å². The van der Waals surface area contributed by atoms with E-state index in [0.29, 0.717) is 0 Å². The molecule has 0 heterocycles. The maximum atomic E-state index is 4.73. The molecule has 2 aromatic carbocycles. The first-order valence-corrected chi connectivity index (χ1v) is 11.6. The lowest BCUT2D eigenvalue weighted by Crippen LogP contribution is -2.00. The highest BCUT2D eigenvalue weighted by molar-refractivity contribution is 6.17. The molecule has 0 aliphatic rings. The van der Waals surface area contributed by atoms with Crippen molar-refractivity contribution in [2.24, 2.45) is 9.98 Å². The topological polar surface area (TPSA) is 24.7 Å². The standard InChI is InChI=1S/C32H36N2/c1-7-13-25-19-21-31(29(17-11-5)27(25)15-9-3)33-23-24-34-32-22-20-26(14-8-2)28(16-10-4)30(32)18-12-6/h7-12,19-24H,1-6,13-18H2/b33-23+,34-24+. The Bertz CT molecular complexity index is 1020. The van der Waals surface area contributed by atoms with Crippen molar-refractivity contribution in [2.45, 2.75) is 38.5 Å². The Morgan fingerprint density at radius 2 is 0.765 bits per heavy atom. The second-order valence-electron chi connectivity index (χ2n) is 7.91. The van der Waals surface area contributed by atoms with E-state index in [9.17, 15) is 0 Å². The van der Waals surface area contributed by atoms with E-state index in [1.807, 2.05) is 36.5 Å². The van der Waals surface area contributed by atoms with Gasteiger partial charge in [0.25, 0.3) is 0 Å². The molecular weight excluding hydrogens is 412 g/mol. The fourth-order valence-electron chi connectivity index (χ4n) is 4.16. The van der Waals surface area contributed by atoms with Gasteiger partial charge < -0.3 is 0 Å². The van der Waals surface area contributed by atoms with Gasteiger partial charge in [-0.25, -0.2) is 0 Å². The zero-order valence-corrected chi connectivity index (χ0v) is 20.3. The monoisotopic (exact) mass is 448 g/mol. The van der Waals surface area contributed by atoms with Gasteiger partial charge in [-0.3, -0.25) is 9.98 Å². The number of rotatable bonds is 15. The molecule has 0 atom stereocenters. The summed E-state index contributed by atoms with van der Waals surface area (Å²) in [6.07, 6.45) is 19.8. The van der Waals surface area contributed by atoms with Crippen LogP contribution in [-0.4, -0.2) is 12.4 Å². The van der Waals surface area contributed by atoms with Gasteiger partial charge in [0.2, 0.25) is 0 Å². The molecule has 0 saturated carbocycles. The van der Waals surface area contributed by atoms with Crippen molar-refractivity contribution < 1.29 is 0 Å². The maximum Gasteiger partial charge on any atom is 0.0668 e. The summed E-state index contributed by atoms with van der Waals surface area (Å²) in [5.74, 6) is 0. The van der Waals surface area contributed by atoms with Crippen LogP contribution in [0.25, 0.3) is 0 Å². The third-order valence-electron chi connectivity index (χ3n) is 5.62.